The summed E-state index contributed by atoms with van der Waals surface area (Å²) < 4.78 is 0. The lowest BCUT2D eigenvalue weighted by Gasteiger charge is -1.80. The first-order valence-corrected chi connectivity index (χ1v) is 2.91. The van der Waals surface area contributed by atoms with Gasteiger partial charge in [-0.2, -0.15) is 5.10 Å². The highest BCUT2D eigenvalue weighted by Gasteiger charge is 1.90. The van der Waals surface area contributed by atoms with E-state index in [-0.39, 0.29) is 0 Å². The third-order valence-electron chi connectivity index (χ3n) is 1.02. The first-order chi connectivity index (χ1) is 4.83. The van der Waals surface area contributed by atoms with Gasteiger partial charge in [0.15, 0.2) is 0 Å². The van der Waals surface area contributed by atoms with Gasteiger partial charge in [0.25, 0.3) is 0 Å². The van der Waals surface area contributed by atoms with Crippen molar-refractivity contribution in [3.05, 3.63) is 17.5 Å². The van der Waals surface area contributed by atoms with E-state index < -0.39 is 0 Å². The van der Waals surface area contributed by atoms with Gasteiger partial charge >= 0.3 is 0 Å². The molecule has 0 radical (unpaired) electrons. The van der Waals surface area contributed by atoms with Crippen LogP contribution in [0.5, 0.6) is 0 Å². The van der Waals surface area contributed by atoms with Crippen molar-refractivity contribution in [2.45, 2.75) is 6.92 Å². The Hall–Kier alpha value is -1.32. The molecule has 4 nitrogen and oxygen atoms in total. The van der Waals surface area contributed by atoms with Crippen molar-refractivity contribution in [3.63, 3.8) is 0 Å². The van der Waals surface area contributed by atoms with Crippen molar-refractivity contribution in [1.29, 1.82) is 0 Å². The molecule has 10 heavy (non-hydrogen) atoms. The number of nitrogens with zero attached hydrogens (tertiary/aromatic N) is 2. The summed E-state index contributed by atoms with van der Waals surface area (Å²) in [6.45, 7) is 1.93. The highest BCUT2D eigenvalue weighted by molar-refractivity contribution is 5.76. The van der Waals surface area contributed by atoms with Crippen LogP contribution in [0.3, 0.4) is 0 Å². The molecule has 1 rings (SSSR count). The van der Waals surface area contributed by atoms with Gasteiger partial charge in [-0.05, 0) is 13.0 Å². The highest BCUT2D eigenvalue weighted by atomic mass is 16.6. The van der Waals surface area contributed by atoms with E-state index in [2.05, 4.69) is 20.2 Å². The molecule has 0 aliphatic carbocycles. The van der Waals surface area contributed by atoms with Crippen LogP contribution in [0.25, 0.3) is 0 Å². The summed E-state index contributed by atoms with van der Waals surface area (Å²) in [5.41, 5.74) is 1.79. The Labute approximate surface area is 58.9 Å². The van der Waals surface area contributed by atoms with Crippen molar-refractivity contribution in [2.75, 3.05) is 7.11 Å². The zero-order valence-corrected chi connectivity index (χ0v) is 5.96. The molecule has 0 atom stereocenters. The lowest BCUT2D eigenvalue weighted by molar-refractivity contribution is 0.215. The number of aryl methyl sites for hydroxylation is 1. The lowest BCUT2D eigenvalue weighted by atomic mass is 10.4. The number of hydrogen-bond donors (Lipinski definition) is 1. The molecule has 0 fully saturated rings. The summed E-state index contributed by atoms with van der Waals surface area (Å²) in [6, 6.07) is 1.88. The van der Waals surface area contributed by atoms with Crippen LogP contribution in [0.15, 0.2) is 11.2 Å². The monoisotopic (exact) mass is 139 g/mol. The van der Waals surface area contributed by atoms with Gasteiger partial charge in [-0.25, -0.2) is 0 Å². The molecule has 0 saturated carbocycles. The van der Waals surface area contributed by atoms with Crippen molar-refractivity contribution < 1.29 is 4.84 Å². The zero-order valence-electron chi connectivity index (χ0n) is 5.96. The summed E-state index contributed by atoms with van der Waals surface area (Å²) in [5.74, 6) is 0. The number of hydrogen-bond acceptors (Lipinski definition) is 3. The van der Waals surface area contributed by atoms with Crippen molar-refractivity contribution in [3.8, 4) is 0 Å². The molecule has 0 saturated heterocycles. The Bertz CT molecular complexity index is 229. The van der Waals surface area contributed by atoms with Gasteiger partial charge in [-0.15, -0.1) is 0 Å². The number of rotatable bonds is 2. The highest BCUT2D eigenvalue weighted by Crippen LogP contribution is 1.93. The molecular weight excluding hydrogens is 130 g/mol. The van der Waals surface area contributed by atoms with E-state index in [0.717, 1.165) is 11.4 Å². The van der Waals surface area contributed by atoms with E-state index in [9.17, 15) is 0 Å². The van der Waals surface area contributed by atoms with E-state index >= 15 is 0 Å². The third-order valence-corrected chi connectivity index (χ3v) is 1.02. The fourth-order valence-electron chi connectivity index (χ4n) is 0.612. The molecule has 1 aromatic heterocycles. The molecule has 0 aliphatic heterocycles. The molecule has 0 bridgehead atoms. The Kier molecular flexibility index (Phi) is 2.04. The van der Waals surface area contributed by atoms with Crippen LogP contribution < -0.4 is 0 Å². The molecule has 1 N–H and O–H groups in total. The van der Waals surface area contributed by atoms with E-state index in [1.807, 2.05) is 13.0 Å². The van der Waals surface area contributed by atoms with Gasteiger partial charge in [0, 0.05) is 5.69 Å². The van der Waals surface area contributed by atoms with Crippen LogP contribution in [0.2, 0.25) is 0 Å². The van der Waals surface area contributed by atoms with Gasteiger partial charge in [0.1, 0.15) is 12.8 Å². The van der Waals surface area contributed by atoms with Crippen molar-refractivity contribution in [2.24, 2.45) is 5.16 Å². The normalized spacial score (nSPS) is 10.6. The van der Waals surface area contributed by atoms with Crippen LogP contribution in [0.4, 0.5) is 0 Å². The molecule has 0 aromatic carbocycles. The second-order valence-electron chi connectivity index (χ2n) is 1.89. The lowest BCUT2D eigenvalue weighted by Crippen LogP contribution is -1.80. The Morgan fingerprint density at radius 1 is 1.80 bits per heavy atom. The van der Waals surface area contributed by atoms with Crippen LogP contribution in [-0.4, -0.2) is 23.5 Å². The average Bonchev–Trinajstić information content (AvgIpc) is 2.31. The van der Waals surface area contributed by atoms with Crippen LogP contribution in [-0.2, 0) is 4.84 Å². The van der Waals surface area contributed by atoms with Gasteiger partial charge in [-0.1, -0.05) is 5.16 Å². The summed E-state index contributed by atoms with van der Waals surface area (Å²) in [7, 11) is 1.50. The van der Waals surface area contributed by atoms with Gasteiger partial charge in [0.05, 0.1) is 6.21 Å². The van der Waals surface area contributed by atoms with Crippen molar-refractivity contribution >= 4 is 6.21 Å². The van der Waals surface area contributed by atoms with Gasteiger partial charge in [0.2, 0.25) is 0 Å². The summed E-state index contributed by atoms with van der Waals surface area (Å²) in [6.07, 6.45) is 1.55. The number of aromatic nitrogens is 2. The molecule has 0 spiro atoms. The summed E-state index contributed by atoms with van der Waals surface area (Å²) >= 11 is 0. The van der Waals surface area contributed by atoms with E-state index in [0.29, 0.717) is 0 Å². The minimum Gasteiger partial charge on any atom is -0.399 e. The number of H-pyrrole nitrogens is 1. The minimum absolute atomic E-state index is 0.777. The summed E-state index contributed by atoms with van der Waals surface area (Å²) in [5, 5.41) is 10.2. The Balaban J connectivity index is 2.67. The summed E-state index contributed by atoms with van der Waals surface area (Å²) in [4.78, 5) is 4.47. The second kappa shape index (κ2) is 3.00. The molecular formula is C6H9N3O. The van der Waals surface area contributed by atoms with Gasteiger partial charge < -0.3 is 4.84 Å². The number of aromatic amines is 1. The van der Waals surface area contributed by atoms with E-state index in [1.165, 1.54) is 7.11 Å². The largest absolute Gasteiger partial charge is 0.399 e. The van der Waals surface area contributed by atoms with Crippen LogP contribution >= 0.6 is 0 Å². The maximum Gasteiger partial charge on any atom is 0.107 e. The standard InChI is InChI=1S/C6H9N3O/c1-5-3-6(9-8-5)4-7-10-2/h3-4H,1-2H3,(H,8,9). The minimum atomic E-state index is 0.777. The molecule has 54 valence electrons. The third kappa shape index (κ3) is 1.58. The smallest absolute Gasteiger partial charge is 0.107 e. The first kappa shape index (κ1) is 6.80. The van der Waals surface area contributed by atoms with Crippen LogP contribution in [0, 0.1) is 6.92 Å². The topological polar surface area (TPSA) is 50.3 Å². The molecule has 0 aliphatic rings. The maximum atomic E-state index is 4.47. The predicted octanol–water partition coefficient (Wildman–Crippen LogP) is 0.698. The predicted molar refractivity (Wildman–Crippen MR) is 37.9 cm³/mol. The SMILES string of the molecule is CON=Cc1cc(C)[nH]n1. The van der Waals surface area contributed by atoms with Crippen LogP contribution in [0.1, 0.15) is 11.4 Å². The van der Waals surface area contributed by atoms with E-state index in [4.69, 9.17) is 0 Å². The zero-order chi connectivity index (χ0) is 7.40. The van der Waals surface area contributed by atoms with Crippen molar-refractivity contribution in [1.82, 2.24) is 10.2 Å². The molecule has 1 aromatic rings. The first-order valence-electron chi connectivity index (χ1n) is 2.91. The molecule has 1 heterocycles. The fourth-order valence-corrected chi connectivity index (χ4v) is 0.612. The molecule has 0 amide bonds. The maximum absolute atomic E-state index is 4.47. The fraction of sp³-hybridized carbons (Fsp3) is 0.333. The molecule has 4 heteroatoms. The number of nitrogens with one attached hydrogen (secondary N) is 1. The van der Waals surface area contributed by atoms with Gasteiger partial charge in [-0.3, -0.25) is 5.10 Å². The second-order valence-corrected chi connectivity index (χ2v) is 1.89. The molecule has 0 unspecified atom stereocenters. The number of oxime groups is 1. The quantitative estimate of drug-likeness (QED) is 0.484. The van der Waals surface area contributed by atoms with E-state index in [1.54, 1.807) is 6.21 Å². The Morgan fingerprint density at radius 2 is 2.60 bits per heavy atom. The average molecular weight is 139 g/mol. The Morgan fingerprint density at radius 3 is 3.10 bits per heavy atom.